The van der Waals surface area contributed by atoms with Crippen LogP contribution in [-0.2, 0) is 0 Å². The first-order valence-corrected chi connectivity index (χ1v) is 5.80. The van der Waals surface area contributed by atoms with Crippen molar-refractivity contribution in [3.05, 3.63) is 28.8 Å². The molecule has 2 rings (SSSR count). The number of ether oxygens (including phenoxy) is 1. The van der Waals surface area contributed by atoms with Crippen molar-refractivity contribution in [2.45, 2.75) is 18.9 Å². The second-order valence-electron chi connectivity index (χ2n) is 4.43. The van der Waals surface area contributed by atoms with Crippen LogP contribution in [0.1, 0.15) is 24.4 Å². The van der Waals surface area contributed by atoms with Gasteiger partial charge in [-0.25, -0.2) is 0 Å². The third-order valence-corrected chi connectivity index (χ3v) is 3.72. The molecule has 1 aliphatic rings. The molecule has 0 aromatic heterocycles. The Morgan fingerprint density at radius 1 is 1.50 bits per heavy atom. The first-order valence-electron chi connectivity index (χ1n) is 5.42. The van der Waals surface area contributed by atoms with Crippen LogP contribution < -0.4 is 16.2 Å². The van der Waals surface area contributed by atoms with E-state index in [2.05, 4.69) is 0 Å². The van der Waals surface area contributed by atoms with Gasteiger partial charge in [0.25, 0.3) is 0 Å². The average molecular weight is 241 g/mol. The minimum Gasteiger partial charge on any atom is -0.496 e. The molecule has 0 heterocycles. The Labute approximate surface area is 101 Å². The summed E-state index contributed by atoms with van der Waals surface area (Å²) in [6.07, 6.45) is 2.17. The van der Waals surface area contributed by atoms with E-state index in [1.54, 1.807) is 13.2 Å². The normalized spacial score (nSPS) is 19.2. The zero-order chi connectivity index (χ0) is 11.8. The topological polar surface area (TPSA) is 61.3 Å². The van der Waals surface area contributed by atoms with E-state index in [-0.39, 0.29) is 11.5 Å². The maximum atomic E-state index is 6.27. The molecular formula is C12H17ClN2O. The molecule has 0 saturated heterocycles. The van der Waals surface area contributed by atoms with Crippen LogP contribution in [0.15, 0.2) is 18.2 Å². The summed E-state index contributed by atoms with van der Waals surface area (Å²) in [7, 11) is 1.64. The minimum absolute atomic E-state index is 0.0535. The van der Waals surface area contributed by atoms with E-state index >= 15 is 0 Å². The molecule has 3 nitrogen and oxygen atoms in total. The monoisotopic (exact) mass is 240 g/mol. The van der Waals surface area contributed by atoms with E-state index in [0.29, 0.717) is 11.6 Å². The Balaban J connectivity index is 2.35. The predicted molar refractivity (Wildman–Crippen MR) is 65.7 cm³/mol. The van der Waals surface area contributed by atoms with E-state index in [0.717, 1.165) is 24.2 Å². The molecule has 0 spiro atoms. The van der Waals surface area contributed by atoms with Gasteiger partial charge in [0.05, 0.1) is 7.11 Å². The predicted octanol–water partition coefficient (Wildman–Crippen LogP) is 2.09. The zero-order valence-electron chi connectivity index (χ0n) is 9.37. The van der Waals surface area contributed by atoms with Crippen LogP contribution in [-0.4, -0.2) is 13.7 Å². The maximum absolute atomic E-state index is 6.27. The highest BCUT2D eigenvalue weighted by atomic mass is 35.5. The molecule has 1 unspecified atom stereocenters. The summed E-state index contributed by atoms with van der Waals surface area (Å²) in [4.78, 5) is 0. The molecule has 1 saturated carbocycles. The maximum Gasteiger partial charge on any atom is 0.123 e. The highest BCUT2D eigenvalue weighted by molar-refractivity contribution is 6.30. The van der Waals surface area contributed by atoms with Crippen molar-refractivity contribution in [1.82, 2.24) is 0 Å². The largest absolute Gasteiger partial charge is 0.496 e. The summed E-state index contributed by atoms with van der Waals surface area (Å²) in [6, 6.07) is 5.44. The van der Waals surface area contributed by atoms with Gasteiger partial charge in [-0.1, -0.05) is 11.6 Å². The molecule has 1 aliphatic carbocycles. The lowest BCUT2D eigenvalue weighted by Crippen LogP contribution is -2.29. The van der Waals surface area contributed by atoms with Gasteiger partial charge in [-0.3, -0.25) is 0 Å². The van der Waals surface area contributed by atoms with Gasteiger partial charge in [0, 0.05) is 22.0 Å². The van der Waals surface area contributed by atoms with Crippen LogP contribution in [0.2, 0.25) is 5.02 Å². The number of methoxy groups -OCH3 is 1. The Hall–Kier alpha value is -0.770. The second kappa shape index (κ2) is 4.24. The zero-order valence-corrected chi connectivity index (χ0v) is 10.1. The summed E-state index contributed by atoms with van der Waals surface area (Å²) < 4.78 is 5.31. The van der Waals surface area contributed by atoms with E-state index < -0.39 is 0 Å². The molecule has 0 aliphatic heterocycles. The van der Waals surface area contributed by atoms with E-state index in [4.69, 9.17) is 27.8 Å². The third-order valence-electron chi connectivity index (χ3n) is 3.49. The molecule has 1 aromatic carbocycles. The van der Waals surface area contributed by atoms with E-state index in [9.17, 15) is 0 Å². The first-order chi connectivity index (χ1) is 7.63. The summed E-state index contributed by atoms with van der Waals surface area (Å²) in [5, 5.41) is 0.680. The fraction of sp³-hybridized carbons (Fsp3) is 0.500. The highest BCUT2D eigenvalue weighted by Gasteiger charge is 2.47. The highest BCUT2D eigenvalue weighted by Crippen LogP contribution is 2.54. The molecule has 0 radical (unpaired) electrons. The molecule has 1 fully saturated rings. The number of hydrogen-bond donors (Lipinski definition) is 2. The number of nitrogens with two attached hydrogens (primary N) is 2. The molecule has 4 heteroatoms. The summed E-state index contributed by atoms with van der Waals surface area (Å²) in [5.41, 5.74) is 13.1. The minimum atomic E-state index is -0.0915. The summed E-state index contributed by atoms with van der Waals surface area (Å²) in [5.74, 6) is 0.789. The van der Waals surface area contributed by atoms with Crippen LogP contribution in [0, 0.1) is 5.41 Å². The van der Waals surface area contributed by atoms with Gasteiger partial charge in [0.2, 0.25) is 0 Å². The second-order valence-corrected chi connectivity index (χ2v) is 4.87. The summed E-state index contributed by atoms with van der Waals surface area (Å²) >= 11 is 5.99. The Morgan fingerprint density at radius 2 is 2.19 bits per heavy atom. The van der Waals surface area contributed by atoms with Crippen molar-refractivity contribution in [3.8, 4) is 5.75 Å². The van der Waals surface area contributed by atoms with Crippen LogP contribution in [0.25, 0.3) is 0 Å². The van der Waals surface area contributed by atoms with E-state index in [1.807, 2.05) is 12.1 Å². The average Bonchev–Trinajstić information content (AvgIpc) is 3.09. The molecule has 1 atom stereocenters. The smallest absolute Gasteiger partial charge is 0.123 e. The van der Waals surface area contributed by atoms with Gasteiger partial charge in [0.1, 0.15) is 5.75 Å². The van der Waals surface area contributed by atoms with Gasteiger partial charge >= 0.3 is 0 Å². The first kappa shape index (κ1) is 11.7. The van der Waals surface area contributed by atoms with Crippen LogP contribution in [0.5, 0.6) is 5.75 Å². The van der Waals surface area contributed by atoms with Crippen molar-refractivity contribution in [2.24, 2.45) is 16.9 Å². The van der Waals surface area contributed by atoms with Crippen molar-refractivity contribution in [2.75, 3.05) is 13.7 Å². The van der Waals surface area contributed by atoms with Crippen molar-refractivity contribution >= 4 is 11.6 Å². The van der Waals surface area contributed by atoms with Gasteiger partial charge in [-0.2, -0.15) is 0 Å². The Morgan fingerprint density at radius 3 is 2.69 bits per heavy atom. The lowest BCUT2D eigenvalue weighted by molar-refractivity contribution is 0.375. The van der Waals surface area contributed by atoms with Gasteiger partial charge in [-0.15, -0.1) is 0 Å². The van der Waals surface area contributed by atoms with Gasteiger partial charge < -0.3 is 16.2 Å². The molecular weight excluding hydrogens is 224 g/mol. The van der Waals surface area contributed by atoms with Gasteiger partial charge in [0.15, 0.2) is 0 Å². The molecule has 0 amide bonds. The SMILES string of the molecule is COc1ccc(Cl)cc1C(N)C1(CN)CC1. The van der Waals surface area contributed by atoms with Gasteiger partial charge in [-0.05, 0) is 37.6 Å². The standard InChI is InChI=1S/C12H17ClN2O/c1-16-10-3-2-8(13)6-9(10)11(15)12(7-14)4-5-12/h2-3,6,11H,4-5,7,14-15H2,1H3. The number of halogens is 1. The molecule has 4 N–H and O–H groups in total. The van der Waals surface area contributed by atoms with Crippen molar-refractivity contribution in [1.29, 1.82) is 0 Å². The van der Waals surface area contributed by atoms with Crippen LogP contribution in [0.3, 0.4) is 0 Å². The lowest BCUT2D eigenvalue weighted by atomic mass is 9.90. The number of hydrogen-bond acceptors (Lipinski definition) is 3. The van der Waals surface area contributed by atoms with Crippen LogP contribution in [0.4, 0.5) is 0 Å². The molecule has 88 valence electrons. The number of rotatable bonds is 4. The van der Waals surface area contributed by atoms with Crippen molar-refractivity contribution < 1.29 is 4.74 Å². The Kier molecular flexibility index (Phi) is 3.10. The fourth-order valence-corrected chi connectivity index (χ4v) is 2.26. The van der Waals surface area contributed by atoms with E-state index in [1.165, 1.54) is 0 Å². The molecule has 0 bridgehead atoms. The number of benzene rings is 1. The molecule has 1 aromatic rings. The molecule has 16 heavy (non-hydrogen) atoms. The Bertz CT molecular complexity index is 391. The van der Waals surface area contributed by atoms with Crippen LogP contribution >= 0.6 is 11.6 Å². The lowest BCUT2D eigenvalue weighted by Gasteiger charge is -2.24. The summed E-state index contributed by atoms with van der Waals surface area (Å²) in [6.45, 7) is 0.615. The third kappa shape index (κ3) is 1.90. The fourth-order valence-electron chi connectivity index (χ4n) is 2.08. The van der Waals surface area contributed by atoms with Crippen molar-refractivity contribution in [3.63, 3.8) is 0 Å². The quantitative estimate of drug-likeness (QED) is 0.847.